The molecule has 4 N–H and O–H groups in total. The van der Waals surface area contributed by atoms with Gasteiger partial charge < -0.3 is 15.8 Å². The standard InChI is InChI=1S/C10H7FN2O3/c11-5-3-1-2-4-6(10(15)16)7(12)9(14)13-8(4)5/h1-3H,12H2,(H,13,14)(H,15,16). The van der Waals surface area contributed by atoms with Crippen LogP contribution in [0.25, 0.3) is 10.9 Å². The van der Waals surface area contributed by atoms with Crippen molar-refractivity contribution in [2.75, 3.05) is 5.73 Å². The SMILES string of the molecule is Nc1c(C(=O)O)c2cccc(F)c2[nH]c1=O. The minimum absolute atomic E-state index is 0.0737. The van der Waals surface area contributed by atoms with Gasteiger partial charge in [0.15, 0.2) is 0 Å². The number of hydrogen-bond donors (Lipinski definition) is 3. The Labute approximate surface area is 88.3 Å². The van der Waals surface area contributed by atoms with Gasteiger partial charge in [0.05, 0.1) is 11.1 Å². The number of halogens is 1. The molecular formula is C10H7FN2O3. The van der Waals surface area contributed by atoms with Gasteiger partial charge >= 0.3 is 5.97 Å². The molecule has 0 saturated carbocycles. The molecule has 0 aliphatic carbocycles. The van der Waals surface area contributed by atoms with E-state index in [1.807, 2.05) is 0 Å². The Hall–Kier alpha value is -2.37. The number of carboxylic acid groups (broad SMARTS) is 1. The Balaban J connectivity index is 3.07. The summed E-state index contributed by atoms with van der Waals surface area (Å²) in [7, 11) is 0. The van der Waals surface area contributed by atoms with Crippen LogP contribution in [0.2, 0.25) is 0 Å². The maximum atomic E-state index is 13.3. The minimum atomic E-state index is -1.36. The summed E-state index contributed by atoms with van der Waals surface area (Å²) in [4.78, 5) is 24.4. The number of benzene rings is 1. The number of aromatic amines is 1. The summed E-state index contributed by atoms with van der Waals surface area (Å²) >= 11 is 0. The van der Waals surface area contributed by atoms with E-state index in [2.05, 4.69) is 4.98 Å². The molecule has 1 heterocycles. The number of H-pyrrole nitrogens is 1. The van der Waals surface area contributed by atoms with Crippen LogP contribution in [0, 0.1) is 5.82 Å². The summed E-state index contributed by atoms with van der Waals surface area (Å²) in [6.07, 6.45) is 0. The first-order valence-corrected chi connectivity index (χ1v) is 4.35. The molecule has 1 aromatic heterocycles. The van der Waals surface area contributed by atoms with Gasteiger partial charge in [0.25, 0.3) is 5.56 Å². The molecule has 0 radical (unpaired) electrons. The number of carbonyl (C=O) groups is 1. The molecule has 0 unspecified atom stereocenters. The number of fused-ring (bicyclic) bond motifs is 1. The van der Waals surface area contributed by atoms with Crippen LogP contribution in [-0.4, -0.2) is 16.1 Å². The lowest BCUT2D eigenvalue weighted by Gasteiger charge is -2.05. The molecule has 16 heavy (non-hydrogen) atoms. The van der Waals surface area contributed by atoms with Crippen LogP contribution in [0.4, 0.5) is 10.1 Å². The molecule has 5 nitrogen and oxygen atoms in total. The number of aromatic nitrogens is 1. The molecule has 0 bridgehead atoms. The van der Waals surface area contributed by atoms with Gasteiger partial charge in [0.2, 0.25) is 0 Å². The summed E-state index contributed by atoms with van der Waals surface area (Å²) in [6.45, 7) is 0. The highest BCUT2D eigenvalue weighted by Gasteiger charge is 2.17. The molecule has 2 rings (SSSR count). The molecule has 6 heteroatoms. The summed E-state index contributed by atoms with van der Waals surface area (Å²) in [5, 5.41) is 9.00. The lowest BCUT2D eigenvalue weighted by Crippen LogP contribution is -2.18. The number of nitrogens with two attached hydrogens (primary N) is 1. The predicted molar refractivity (Wildman–Crippen MR) is 55.9 cm³/mol. The van der Waals surface area contributed by atoms with Crippen molar-refractivity contribution in [3.63, 3.8) is 0 Å². The number of rotatable bonds is 1. The van der Waals surface area contributed by atoms with Gasteiger partial charge in [-0.25, -0.2) is 9.18 Å². The highest BCUT2D eigenvalue weighted by molar-refractivity contribution is 6.06. The third kappa shape index (κ3) is 1.31. The lowest BCUT2D eigenvalue weighted by atomic mass is 10.1. The second-order valence-corrected chi connectivity index (χ2v) is 3.21. The van der Waals surface area contributed by atoms with Gasteiger partial charge in [-0.1, -0.05) is 12.1 Å². The van der Waals surface area contributed by atoms with Crippen molar-refractivity contribution in [3.8, 4) is 0 Å². The Morgan fingerprint density at radius 1 is 1.44 bits per heavy atom. The topological polar surface area (TPSA) is 96.2 Å². The first kappa shape index (κ1) is 10.2. The summed E-state index contributed by atoms with van der Waals surface area (Å²) in [5.41, 5.74) is 3.59. The van der Waals surface area contributed by atoms with E-state index in [0.29, 0.717) is 0 Å². The van der Waals surface area contributed by atoms with Gasteiger partial charge in [0.1, 0.15) is 11.5 Å². The van der Waals surface area contributed by atoms with E-state index < -0.39 is 23.0 Å². The minimum Gasteiger partial charge on any atom is -0.478 e. The van der Waals surface area contributed by atoms with Crippen LogP contribution in [0.1, 0.15) is 10.4 Å². The first-order chi connectivity index (χ1) is 7.52. The van der Waals surface area contributed by atoms with Crippen LogP contribution in [0.3, 0.4) is 0 Å². The average Bonchev–Trinajstić information content (AvgIpc) is 2.21. The zero-order valence-electron chi connectivity index (χ0n) is 7.95. The Morgan fingerprint density at radius 3 is 2.75 bits per heavy atom. The Kier molecular flexibility index (Phi) is 2.12. The van der Waals surface area contributed by atoms with Crippen molar-refractivity contribution in [2.24, 2.45) is 0 Å². The molecule has 0 atom stereocenters. The van der Waals surface area contributed by atoms with Gasteiger partial charge in [-0.05, 0) is 6.07 Å². The number of aromatic carboxylic acids is 1. The molecule has 2 aromatic rings. The highest BCUT2D eigenvalue weighted by Crippen LogP contribution is 2.21. The molecule has 82 valence electrons. The molecule has 0 aliphatic rings. The number of hydrogen-bond acceptors (Lipinski definition) is 3. The maximum Gasteiger partial charge on any atom is 0.338 e. The van der Waals surface area contributed by atoms with E-state index in [-0.39, 0.29) is 16.5 Å². The van der Waals surface area contributed by atoms with Crippen molar-refractivity contribution in [1.82, 2.24) is 4.98 Å². The lowest BCUT2D eigenvalue weighted by molar-refractivity contribution is 0.0700. The number of carboxylic acids is 1. The van der Waals surface area contributed by atoms with Gasteiger partial charge in [-0.2, -0.15) is 0 Å². The highest BCUT2D eigenvalue weighted by atomic mass is 19.1. The van der Waals surface area contributed by atoms with Crippen LogP contribution in [0.5, 0.6) is 0 Å². The number of anilines is 1. The van der Waals surface area contributed by atoms with Crippen LogP contribution >= 0.6 is 0 Å². The Morgan fingerprint density at radius 2 is 2.12 bits per heavy atom. The smallest absolute Gasteiger partial charge is 0.338 e. The van der Waals surface area contributed by atoms with E-state index in [1.165, 1.54) is 12.1 Å². The molecule has 0 aliphatic heterocycles. The summed E-state index contributed by atoms with van der Waals surface area (Å²) in [6, 6.07) is 3.86. The monoisotopic (exact) mass is 222 g/mol. The predicted octanol–water partition coefficient (Wildman–Crippen LogP) is 0.948. The fourth-order valence-corrected chi connectivity index (χ4v) is 1.53. The second kappa shape index (κ2) is 3.34. The normalized spacial score (nSPS) is 10.6. The number of pyridine rings is 1. The maximum absolute atomic E-state index is 13.3. The number of nitrogen functional groups attached to an aromatic ring is 1. The summed E-state index contributed by atoms with van der Waals surface area (Å²) < 4.78 is 13.3. The van der Waals surface area contributed by atoms with Crippen molar-refractivity contribution >= 4 is 22.6 Å². The molecule has 0 saturated heterocycles. The van der Waals surface area contributed by atoms with E-state index in [9.17, 15) is 14.0 Å². The van der Waals surface area contributed by atoms with Gasteiger partial charge in [0, 0.05) is 5.39 Å². The van der Waals surface area contributed by atoms with E-state index in [4.69, 9.17) is 10.8 Å². The largest absolute Gasteiger partial charge is 0.478 e. The van der Waals surface area contributed by atoms with Crippen molar-refractivity contribution in [2.45, 2.75) is 0 Å². The molecule has 0 amide bonds. The van der Waals surface area contributed by atoms with Gasteiger partial charge in [-0.15, -0.1) is 0 Å². The van der Waals surface area contributed by atoms with Crippen molar-refractivity contribution < 1.29 is 14.3 Å². The molecular weight excluding hydrogens is 215 g/mol. The number of para-hydroxylation sites is 1. The van der Waals surface area contributed by atoms with Crippen LogP contribution in [0.15, 0.2) is 23.0 Å². The molecule has 0 fully saturated rings. The van der Waals surface area contributed by atoms with Crippen LogP contribution in [-0.2, 0) is 0 Å². The fraction of sp³-hybridized carbons (Fsp3) is 0. The quantitative estimate of drug-likeness (QED) is 0.669. The van der Waals surface area contributed by atoms with Crippen LogP contribution < -0.4 is 11.3 Å². The fourth-order valence-electron chi connectivity index (χ4n) is 1.53. The second-order valence-electron chi connectivity index (χ2n) is 3.21. The van der Waals surface area contributed by atoms with E-state index in [0.717, 1.165) is 6.07 Å². The zero-order valence-corrected chi connectivity index (χ0v) is 7.95. The molecule has 0 spiro atoms. The zero-order chi connectivity index (χ0) is 11.9. The first-order valence-electron chi connectivity index (χ1n) is 4.35. The van der Waals surface area contributed by atoms with Gasteiger partial charge in [-0.3, -0.25) is 4.79 Å². The molecule has 1 aromatic carbocycles. The van der Waals surface area contributed by atoms with E-state index in [1.54, 1.807) is 0 Å². The van der Waals surface area contributed by atoms with Crippen molar-refractivity contribution in [1.29, 1.82) is 0 Å². The average molecular weight is 222 g/mol. The van der Waals surface area contributed by atoms with Crippen molar-refractivity contribution in [3.05, 3.63) is 39.9 Å². The van der Waals surface area contributed by atoms with E-state index >= 15 is 0 Å². The third-order valence-electron chi connectivity index (χ3n) is 2.25. The summed E-state index contributed by atoms with van der Waals surface area (Å²) in [5.74, 6) is -2.06. The third-order valence-corrected chi connectivity index (χ3v) is 2.25. The Bertz CT molecular complexity index is 648. The number of nitrogens with one attached hydrogen (secondary N) is 1.